The highest BCUT2D eigenvalue weighted by Gasteiger charge is 2.29. The van der Waals surface area contributed by atoms with Gasteiger partial charge in [-0.25, -0.2) is 0 Å². The number of hydrogen-bond donors (Lipinski definition) is 1. The van der Waals surface area contributed by atoms with Gasteiger partial charge in [-0.15, -0.1) is 0 Å². The van der Waals surface area contributed by atoms with Gasteiger partial charge in [-0.2, -0.15) is 4.37 Å². The number of aryl methyl sites for hydroxylation is 1. The monoisotopic (exact) mass is 261 g/mol. The van der Waals surface area contributed by atoms with Gasteiger partial charge in [0.15, 0.2) is 0 Å². The summed E-state index contributed by atoms with van der Waals surface area (Å²) < 4.78 is 5.72. The molecule has 2 aromatic rings. The lowest BCUT2D eigenvalue weighted by Crippen LogP contribution is -2.20. The lowest BCUT2D eigenvalue weighted by Gasteiger charge is -2.19. The molecular weight excluding hydrogens is 242 g/mol. The standard InChI is InChI=1S/C14H19N3S/c1-9-12-4-3-11(6-14(12)18-16-9)13-5-10(7-15)8-17(13)2/h3-4,6,10,13H,5,7-8,15H2,1-2H3. The molecule has 0 aliphatic carbocycles. The fourth-order valence-electron chi connectivity index (χ4n) is 2.95. The number of benzene rings is 1. The molecule has 1 aliphatic rings. The van der Waals surface area contributed by atoms with Crippen LogP contribution in [0.15, 0.2) is 18.2 Å². The average molecular weight is 261 g/mol. The molecule has 96 valence electrons. The molecule has 1 aromatic heterocycles. The molecule has 0 saturated carbocycles. The van der Waals surface area contributed by atoms with Crippen LogP contribution < -0.4 is 5.73 Å². The minimum Gasteiger partial charge on any atom is -0.330 e. The lowest BCUT2D eigenvalue weighted by atomic mass is 9.99. The summed E-state index contributed by atoms with van der Waals surface area (Å²) in [7, 11) is 2.20. The Kier molecular flexibility index (Phi) is 3.09. The topological polar surface area (TPSA) is 42.1 Å². The van der Waals surface area contributed by atoms with E-state index in [2.05, 4.69) is 41.4 Å². The zero-order valence-electron chi connectivity index (χ0n) is 10.9. The van der Waals surface area contributed by atoms with Crippen molar-refractivity contribution >= 4 is 21.6 Å². The first-order valence-corrected chi connectivity index (χ1v) is 7.22. The summed E-state index contributed by atoms with van der Waals surface area (Å²) in [4.78, 5) is 2.42. The first-order chi connectivity index (χ1) is 8.69. The summed E-state index contributed by atoms with van der Waals surface area (Å²) in [5.41, 5.74) is 8.34. The van der Waals surface area contributed by atoms with Crippen molar-refractivity contribution < 1.29 is 0 Å². The predicted octanol–water partition coefficient (Wildman–Crippen LogP) is 2.56. The Balaban J connectivity index is 1.94. The number of nitrogens with two attached hydrogens (primary N) is 1. The van der Waals surface area contributed by atoms with E-state index < -0.39 is 0 Å². The maximum atomic E-state index is 5.80. The fraction of sp³-hybridized carbons (Fsp3) is 0.500. The molecule has 3 rings (SSSR count). The SMILES string of the molecule is Cc1nsc2cc(C3CC(CN)CN3C)ccc12. The van der Waals surface area contributed by atoms with Gasteiger partial charge in [0.2, 0.25) is 0 Å². The van der Waals surface area contributed by atoms with Crippen molar-refractivity contribution in [1.82, 2.24) is 9.27 Å². The van der Waals surface area contributed by atoms with E-state index in [0.29, 0.717) is 12.0 Å². The Bertz CT molecular complexity index is 563. The Hall–Kier alpha value is -0.970. The molecule has 0 spiro atoms. The summed E-state index contributed by atoms with van der Waals surface area (Å²) in [5.74, 6) is 0.638. The zero-order chi connectivity index (χ0) is 12.7. The molecule has 1 saturated heterocycles. The molecule has 18 heavy (non-hydrogen) atoms. The van der Waals surface area contributed by atoms with Gasteiger partial charge in [0.25, 0.3) is 0 Å². The number of hydrogen-bond acceptors (Lipinski definition) is 4. The smallest absolute Gasteiger partial charge is 0.0589 e. The number of aromatic nitrogens is 1. The molecule has 2 unspecified atom stereocenters. The van der Waals surface area contributed by atoms with Crippen LogP contribution in [0.3, 0.4) is 0 Å². The summed E-state index contributed by atoms with van der Waals surface area (Å²) in [6, 6.07) is 7.29. The Morgan fingerprint density at radius 2 is 2.33 bits per heavy atom. The van der Waals surface area contributed by atoms with Crippen molar-refractivity contribution in [1.29, 1.82) is 0 Å². The van der Waals surface area contributed by atoms with E-state index in [-0.39, 0.29) is 0 Å². The first kappa shape index (κ1) is 12.1. The highest BCUT2D eigenvalue weighted by Crippen LogP contribution is 2.35. The van der Waals surface area contributed by atoms with Crippen molar-refractivity contribution in [3.63, 3.8) is 0 Å². The van der Waals surface area contributed by atoms with Crippen molar-refractivity contribution in [2.75, 3.05) is 20.1 Å². The number of rotatable bonds is 2. The zero-order valence-corrected chi connectivity index (χ0v) is 11.7. The minimum atomic E-state index is 0.519. The molecule has 4 heteroatoms. The normalized spacial score (nSPS) is 25.1. The number of likely N-dealkylation sites (tertiary alicyclic amines) is 1. The van der Waals surface area contributed by atoms with Crippen LogP contribution >= 0.6 is 11.5 Å². The Labute approximate surface area is 112 Å². The molecule has 2 N–H and O–H groups in total. The van der Waals surface area contributed by atoms with Crippen LogP contribution in [0.4, 0.5) is 0 Å². The van der Waals surface area contributed by atoms with E-state index in [9.17, 15) is 0 Å². The third kappa shape index (κ3) is 1.94. The molecule has 1 aromatic carbocycles. The van der Waals surface area contributed by atoms with Crippen LogP contribution in [0.2, 0.25) is 0 Å². The molecule has 0 bridgehead atoms. The van der Waals surface area contributed by atoms with E-state index in [1.54, 1.807) is 11.5 Å². The number of fused-ring (bicyclic) bond motifs is 1. The van der Waals surface area contributed by atoms with Gasteiger partial charge in [0.1, 0.15) is 0 Å². The second-order valence-corrected chi connectivity index (χ2v) is 6.12. The van der Waals surface area contributed by atoms with E-state index in [0.717, 1.165) is 18.8 Å². The van der Waals surface area contributed by atoms with E-state index in [4.69, 9.17) is 5.73 Å². The van der Waals surface area contributed by atoms with Gasteiger partial charge in [-0.05, 0) is 56.0 Å². The largest absolute Gasteiger partial charge is 0.330 e. The van der Waals surface area contributed by atoms with Crippen LogP contribution in [0.5, 0.6) is 0 Å². The van der Waals surface area contributed by atoms with Crippen molar-refractivity contribution in [2.24, 2.45) is 11.7 Å². The first-order valence-electron chi connectivity index (χ1n) is 6.45. The second kappa shape index (κ2) is 4.61. The van der Waals surface area contributed by atoms with Crippen molar-refractivity contribution in [3.8, 4) is 0 Å². The van der Waals surface area contributed by atoms with Crippen LogP contribution in [-0.2, 0) is 0 Å². The molecule has 1 fully saturated rings. The van der Waals surface area contributed by atoms with Gasteiger partial charge in [-0.3, -0.25) is 4.90 Å². The van der Waals surface area contributed by atoms with Crippen LogP contribution in [0.25, 0.3) is 10.1 Å². The molecular formula is C14H19N3S. The van der Waals surface area contributed by atoms with Gasteiger partial charge in [0.05, 0.1) is 10.4 Å². The average Bonchev–Trinajstić information content (AvgIpc) is 2.93. The summed E-state index contributed by atoms with van der Waals surface area (Å²) in [6.07, 6.45) is 1.18. The van der Waals surface area contributed by atoms with Crippen LogP contribution in [0, 0.1) is 12.8 Å². The van der Waals surface area contributed by atoms with Gasteiger partial charge >= 0.3 is 0 Å². The van der Waals surface area contributed by atoms with E-state index in [1.807, 2.05) is 0 Å². The second-order valence-electron chi connectivity index (χ2n) is 5.32. The van der Waals surface area contributed by atoms with Crippen LogP contribution in [0.1, 0.15) is 23.7 Å². The van der Waals surface area contributed by atoms with Crippen molar-refractivity contribution in [2.45, 2.75) is 19.4 Å². The quantitative estimate of drug-likeness (QED) is 0.903. The third-order valence-electron chi connectivity index (χ3n) is 4.03. The van der Waals surface area contributed by atoms with Gasteiger partial charge < -0.3 is 5.73 Å². The Morgan fingerprint density at radius 3 is 3.06 bits per heavy atom. The maximum Gasteiger partial charge on any atom is 0.0589 e. The summed E-state index contributed by atoms with van der Waals surface area (Å²) >= 11 is 1.60. The maximum absolute atomic E-state index is 5.80. The summed E-state index contributed by atoms with van der Waals surface area (Å²) in [6.45, 7) is 3.98. The lowest BCUT2D eigenvalue weighted by molar-refractivity contribution is 0.314. The van der Waals surface area contributed by atoms with E-state index in [1.165, 1.54) is 22.1 Å². The molecule has 3 nitrogen and oxygen atoms in total. The molecule has 1 aliphatic heterocycles. The number of nitrogens with zero attached hydrogens (tertiary/aromatic N) is 2. The minimum absolute atomic E-state index is 0.519. The Morgan fingerprint density at radius 1 is 1.50 bits per heavy atom. The molecule has 0 radical (unpaired) electrons. The van der Waals surface area contributed by atoms with Gasteiger partial charge in [0, 0.05) is 18.0 Å². The van der Waals surface area contributed by atoms with Crippen LogP contribution in [-0.4, -0.2) is 29.4 Å². The predicted molar refractivity (Wildman–Crippen MR) is 76.9 cm³/mol. The summed E-state index contributed by atoms with van der Waals surface area (Å²) in [5, 5.41) is 1.29. The highest BCUT2D eigenvalue weighted by atomic mass is 32.1. The molecule has 2 atom stereocenters. The van der Waals surface area contributed by atoms with Crippen molar-refractivity contribution in [3.05, 3.63) is 29.5 Å². The van der Waals surface area contributed by atoms with E-state index >= 15 is 0 Å². The highest BCUT2D eigenvalue weighted by molar-refractivity contribution is 7.13. The molecule has 2 heterocycles. The van der Waals surface area contributed by atoms with Gasteiger partial charge in [-0.1, -0.05) is 12.1 Å². The molecule has 0 amide bonds. The third-order valence-corrected chi connectivity index (χ3v) is 4.93. The fourth-order valence-corrected chi connectivity index (χ4v) is 3.79.